The zero-order valence-corrected chi connectivity index (χ0v) is 13.4. The molecule has 0 bridgehead atoms. The number of carbonyl (C=O) groups excluding carboxylic acids is 1. The molecule has 2 aromatic rings. The summed E-state index contributed by atoms with van der Waals surface area (Å²) in [6, 6.07) is 7.76. The van der Waals surface area contributed by atoms with Gasteiger partial charge in [-0.15, -0.1) is 0 Å². The summed E-state index contributed by atoms with van der Waals surface area (Å²) in [5.74, 6) is 0.723. The van der Waals surface area contributed by atoms with E-state index in [2.05, 4.69) is 38.2 Å². The fraction of sp³-hybridized carbons (Fsp3) is 0.375. The molecule has 0 saturated heterocycles. The second kappa shape index (κ2) is 7.27. The number of halogens is 1. The van der Waals surface area contributed by atoms with Crippen molar-refractivity contribution in [1.82, 2.24) is 5.32 Å². The molecule has 0 radical (unpaired) electrons. The highest BCUT2D eigenvalue weighted by Crippen LogP contribution is 2.20. The zero-order chi connectivity index (χ0) is 14.6. The number of hydrogen-bond acceptors (Lipinski definition) is 2. The van der Waals surface area contributed by atoms with Gasteiger partial charge in [0.2, 0.25) is 6.54 Å². The number of aromatic nitrogens is 1. The lowest BCUT2D eigenvalue weighted by molar-refractivity contribution is -0.684. The highest BCUT2D eigenvalue weighted by Gasteiger charge is 2.16. The van der Waals surface area contributed by atoms with Gasteiger partial charge in [0.05, 0.1) is 12.8 Å². The van der Waals surface area contributed by atoms with Crippen molar-refractivity contribution in [2.75, 3.05) is 0 Å². The molecule has 1 N–H and O–H groups in total. The Kier molecular flexibility index (Phi) is 5.97. The molecule has 0 aliphatic carbocycles. The van der Waals surface area contributed by atoms with Gasteiger partial charge < -0.3 is 22.1 Å². The molecule has 21 heavy (non-hydrogen) atoms. The maximum absolute atomic E-state index is 11.8. The van der Waals surface area contributed by atoms with Gasteiger partial charge in [-0.2, -0.15) is 4.57 Å². The lowest BCUT2D eigenvalue weighted by Crippen LogP contribution is -3.00. The minimum atomic E-state index is -0.0325. The summed E-state index contributed by atoms with van der Waals surface area (Å²) < 4.78 is 7.03. The van der Waals surface area contributed by atoms with Gasteiger partial charge in [0.1, 0.15) is 5.76 Å². The van der Waals surface area contributed by atoms with E-state index in [-0.39, 0.29) is 23.7 Å². The van der Waals surface area contributed by atoms with Crippen molar-refractivity contribution < 1.29 is 26.2 Å². The van der Waals surface area contributed by atoms with E-state index in [0.29, 0.717) is 13.1 Å². The Balaban J connectivity index is 0.00000220. The highest BCUT2D eigenvalue weighted by molar-refractivity contribution is 5.74. The summed E-state index contributed by atoms with van der Waals surface area (Å²) in [6.45, 7) is 7.24. The van der Waals surface area contributed by atoms with Crippen LogP contribution < -0.4 is 22.3 Å². The van der Waals surface area contributed by atoms with Gasteiger partial charge in [0.25, 0.3) is 5.91 Å². The topological polar surface area (TPSA) is 46.1 Å². The van der Waals surface area contributed by atoms with Crippen LogP contribution in [0, 0.1) is 0 Å². The van der Waals surface area contributed by atoms with Gasteiger partial charge in [-0.25, -0.2) is 0 Å². The van der Waals surface area contributed by atoms with Crippen molar-refractivity contribution in [3.8, 4) is 0 Å². The van der Waals surface area contributed by atoms with Crippen LogP contribution in [0.15, 0.2) is 47.3 Å². The van der Waals surface area contributed by atoms with Crippen molar-refractivity contribution in [2.24, 2.45) is 0 Å². The number of carbonyl (C=O) groups is 1. The van der Waals surface area contributed by atoms with Crippen LogP contribution in [0.25, 0.3) is 0 Å². The van der Waals surface area contributed by atoms with E-state index in [9.17, 15) is 4.79 Å². The summed E-state index contributed by atoms with van der Waals surface area (Å²) in [5.41, 5.74) is 1.38. The third-order valence-corrected chi connectivity index (χ3v) is 3.12. The standard InChI is InChI=1S/C16H20N2O2.ClH/c1-16(2,3)13-6-8-18(9-7-13)12-15(19)17-11-14-5-4-10-20-14;/h4-10H,11-12H2,1-3H3;1H. The second-order valence-corrected chi connectivity index (χ2v) is 5.87. The Bertz CT molecular complexity index is 557. The number of furan rings is 1. The predicted octanol–water partition coefficient (Wildman–Crippen LogP) is -0.815. The third-order valence-electron chi connectivity index (χ3n) is 3.12. The molecule has 0 saturated carbocycles. The highest BCUT2D eigenvalue weighted by atomic mass is 35.5. The van der Waals surface area contributed by atoms with Crippen LogP contribution in [-0.4, -0.2) is 5.91 Å². The van der Waals surface area contributed by atoms with Crippen LogP contribution in [0.4, 0.5) is 0 Å². The summed E-state index contributed by atoms with van der Waals surface area (Å²) in [6.07, 6.45) is 5.47. The molecule has 0 unspecified atom stereocenters. The lowest BCUT2D eigenvalue weighted by atomic mass is 9.88. The predicted molar refractivity (Wildman–Crippen MR) is 75.9 cm³/mol. The van der Waals surface area contributed by atoms with Crippen LogP contribution in [0.3, 0.4) is 0 Å². The second-order valence-electron chi connectivity index (χ2n) is 5.87. The summed E-state index contributed by atoms with van der Waals surface area (Å²) in [4.78, 5) is 11.8. The van der Waals surface area contributed by atoms with Crippen LogP contribution >= 0.6 is 0 Å². The first-order valence-corrected chi connectivity index (χ1v) is 6.74. The van der Waals surface area contributed by atoms with E-state index >= 15 is 0 Å². The number of pyridine rings is 1. The Morgan fingerprint density at radius 1 is 1.24 bits per heavy atom. The van der Waals surface area contributed by atoms with E-state index in [1.807, 2.05) is 29.1 Å². The minimum Gasteiger partial charge on any atom is -1.00 e. The Hall–Kier alpha value is -1.81. The molecule has 5 heteroatoms. The van der Waals surface area contributed by atoms with Crippen molar-refractivity contribution in [3.05, 3.63) is 54.2 Å². The maximum Gasteiger partial charge on any atom is 0.286 e. The molecule has 0 fully saturated rings. The van der Waals surface area contributed by atoms with E-state index in [1.165, 1.54) is 5.56 Å². The van der Waals surface area contributed by atoms with E-state index < -0.39 is 0 Å². The number of nitrogens with one attached hydrogen (secondary N) is 1. The van der Waals surface area contributed by atoms with Gasteiger partial charge in [-0.1, -0.05) is 20.8 Å². The number of rotatable bonds is 4. The number of nitrogens with zero attached hydrogens (tertiary/aromatic N) is 1. The minimum absolute atomic E-state index is 0. The molecule has 1 amide bonds. The molecule has 2 aromatic heterocycles. The van der Waals surface area contributed by atoms with Crippen molar-refractivity contribution in [2.45, 2.75) is 39.3 Å². The van der Waals surface area contributed by atoms with Gasteiger partial charge in [-0.05, 0) is 23.1 Å². The molecule has 0 spiro atoms. The first-order chi connectivity index (χ1) is 9.45. The first-order valence-electron chi connectivity index (χ1n) is 6.74. The van der Waals surface area contributed by atoms with Crippen LogP contribution in [0.1, 0.15) is 32.1 Å². The normalized spacial score (nSPS) is 10.8. The van der Waals surface area contributed by atoms with Gasteiger partial charge in [0.15, 0.2) is 12.4 Å². The fourth-order valence-electron chi connectivity index (χ4n) is 1.88. The molecule has 2 rings (SSSR count). The number of hydrogen-bond donors (Lipinski definition) is 1. The quantitative estimate of drug-likeness (QED) is 0.751. The summed E-state index contributed by atoms with van der Waals surface area (Å²) >= 11 is 0. The van der Waals surface area contributed by atoms with Gasteiger partial charge >= 0.3 is 0 Å². The third kappa shape index (κ3) is 5.23. The maximum atomic E-state index is 11.8. The molecular formula is C16H21ClN2O2. The Morgan fingerprint density at radius 2 is 1.90 bits per heavy atom. The first kappa shape index (κ1) is 17.2. The van der Waals surface area contributed by atoms with Gasteiger partial charge in [0, 0.05) is 12.1 Å². The van der Waals surface area contributed by atoms with Crippen molar-refractivity contribution in [1.29, 1.82) is 0 Å². The van der Waals surface area contributed by atoms with E-state index in [0.717, 1.165) is 5.76 Å². The van der Waals surface area contributed by atoms with E-state index in [4.69, 9.17) is 4.42 Å². The molecule has 114 valence electrons. The molecule has 0 atom stereocenters. The van der Waals surface area contributed by atoms with Crippen LogP contribution in [0.2, 0.25) is 0 Å². The van der Waals surface area contributed by atoms with Crippen LogP contribution in [-0.2, 0) is 23.3 Å². The zero-order valence-electron chi connectivity index (χ0n) is 12.6. The van der Waals surface area contributed by atoms with Crippen molar-refractivity contribution in [3.63, 3.8) is 0 Å². The SMILES string of the molecule is CC(C)(C)c1cc[n+](CC(=O)NCc2ccco2)cc1.[Cl-]. The smallest absolute Gasteiger partial charge is 0.286 e. The largest absolute Gasteiger partial charge is 1.00 e. The fourth-order valence-corrected chi connectivity index (χ4v) is 1.88. The number of amides is 1. The average molecular weight is 309 g/mol. The molecule has 4 nitrogen and oxygen atoms in total. The molecule has 0 aliphatic rings. The lowest BCUT2D eigenvalue weighted by Gasteiger charge is -2.17. The monoisotopic (exact) mass is 308 g/mol. The summed E-state index contributed by atoms with van der Waals surface area (Å²) in [5, 5.41) is 2.82. The molecule has 0 aliphatic heterocycles. The van der Waals surface area contributed by atoms with Gasteiger partial charge in [-0.3, -0.25) is 4.79 Å². The molecular weight excluding hydrogens is 288 g/mol. The average Bonchev–Trinajstić information content (AvgIpc) is 2.89. The molecule has 2 heterocycles. The van der Waals surface area contributed by atoms with E-state index in [1.54, 1.807) is 6.26 Å². The Labute approximate surface area is 131 Å². The molecule has 0 aromatic carbocycles. The van der Waals surface area contributed by atoms with Crippen molar-refractivity contribution >= 4 is 5.91 Å². The van der Waals surface area contributed by atoms with Crippen LogP contribution in [0.5, 0.6) is 0 Å². The summed E-state index contributed by atoms with van der Waals surface area (Å²) in [7, 11) is 0. The Morgan fingerprint density at radius 3 is 2.43 bits per heavy atom.